The number of hydrogen-bond donors (Lipinski definition) is 3. The zero-order valence-electron chi connectivity index (χ0n) is 20.3. The Labute approximate surface area is 238 Å². The topological polar surface area (TPSA) is 228 Å². The molecule has 1 amide bonds. The first-order valence-electron chi connectivity index (χ1n) is 11.3. The smallest absolute Gasteiger partial charge is 0.283 e. The molecule has 2 aromatic carbocycles. The maximum atomic E-state index is 13.4. The number of nitrogens with one attached hydrogen (secondary N) is 2. The van der Waals surface area contributed by atoms with Crippen molar-refractivity contribution in [2.24, 2.45) is 16.8 Å². The first-order chi connectivity index (χ1) is 19.0. The Morgan fingerprint density at radius 2 is 1.90 bits per heavy atom. The quantitative estimate of drug-likeness (QED) is 0.129. The highest BCUT2D eigenvalue weighted by atomic mass is 32.9. The number of nitrogens with zero attached hydrogens (tertiary/aromatic N) is 5. The van der Waals surface area contributed by atoms with Gasteiger partial charge in [-0.05, 0) is 45.7 Å². The fourth-order valence-corrected chi connectivity index (χ4v) is 8.34. The lowest BCUT2D eigenvalue weighted by molar-refractivity contribution is -0.387. The Balaban J connectivity index is 1.58. The van der Waals surface area contributed by atoms with Gasteiger partial charge in [0.1, 0.15) is 4.90 Å². The molecule has 0 aliphatic carbocycles. The van der Waals surface area contributed by atoms with Gasteiger partial charge in [0.05, 0.1) is 26.6 Å². The summed E-state index contributed by atoms with van der Waals surface area (Å²) in [7, 11) is -1.84. The summed E-state index contributed by atoms with van der Waals surface area (Å²) in [4.78, 5) is 37.2. The van der Waals surface area contributed by atoms with Crippen molar-refractivity contribution < 1.29 is 23.1 Å². The highest BCUT2D eigenvalue weighted by Crippen LogP contribution is 2.36. The number of nitro groups is 2. The highest BCUT2D eigenvalue weighted by Gasteiger charge is 2.33. The van der Waals surface area contributed by atoms with Crippen molar-refractivity contribution in [3.8, 4) is 0 Å². The third kappa shape index (κ3) is 6.67. The molecule has 19 heteroatoms. The van der Waals surface area contributed by atoms with Crippen LogP contribution in [0.15, 0.2) is 55.6 Å². The molecule has 15 nitrogen and oxygen atoms in total. The molecule has 4 rings (SSSR count). The van der Waals surface area contributed by atoms with Crippen LogP contribution in [0.1, 0.15) is 18.4 Å². The molecule has 3 aromatic rings. The van der Waals surface area contributed by atoms with Gasteiger partial charge >= 0.3 is 0 Å². The number of amides is 1. The van der Waals surface area contributed by atoms with Crippen LogP contribution in [0.5, 0.6) is 0 Å². The Kier molecular flexibility index (Phi) is 8.88. The minimum absolute atomic E-state index is 0.0140. The van der Waals surface area contributed by atoms with Gasteiger partial charge in [0.15, 0.2) is 4.34 Å². The molecule has 40 heavy (non-hydrogen) atoms. The van der Waals surface area contributed by atoms with Gasteiger partial charge in [0, 0.05) is 42.8 Å². The molecule has 1 saturated heterocycles. The number of non-ortho nitro benzene ring substituents is 1. The Bertz CT molecular complexity index is 1660. The second kappa shape index (κ2) is 12.2. The van der Waals surface area contributed by atoms with Gasteiger partial charge in [-0.1, -0.05) is 17.8 Å². The van der Waals surface area contributed by atoms with Crippen LogP contribution in [0.25, 0.3) is 0 Å². The van der Waals surface area contributed by atoms with Crippen molar-refractivity contribution in [2.75, 3.05) is 18.5 Å². The van der Waals surface area contributed by atoms with Gasteiger partial charge in [0.25, 0.3) is 11.4 Å². The summed E-state index contributed by atoms with van der Waals surface area (Å²) in [5.41, 5.74) is 7.53. The monoisotopic (exact) mass is 624 g/mol. The van der Waals surface area contributed by atoms with E-state index >= 15 is 0 Å². The molecule has 2 heterocycles. The van der Waals surface area contributed by atoms with Crippen molar-refractivity contribution in [3.05, 3.63) is 67.0 Å². The summed E-state index contributed by atoms with van der Waals surface area (Å²) in [5.74, 6) is -0.966. The summed E-state index contributed by atoms with van der Waals surface area (Å²) in [5, 5.41) is 34.5. The summed E-state index contributed by atoms with van der Waals surface area (Å²) >= 11 is 1.06. The van der Waals surface area contributed by atoms with Crippen LogP contribution in [0, 0.1) is 31.6 Å². The van der Waals surface area contributed by atoms with Crippen LogP contribution < -0.4 is 16.0 Å². The second-order valence-corrected chi connectivity index (χ2v) is 13.6. The number of hydrogen-bond acceptors (Lipinski definition) is 14. The van der Waals surface area contributed by atoms with Gasteiger partial charge in [-0.25, -0.2) is 13.4 Å². The lowest BCUT2D eigenvalue weighted by Gasteiger charge is -2.30. The predicted molar refractivity (Wildman–Crippen MR) is 148 cm³/mol. The average Bonchev–Trinajstić information content (AvgIpc) is 3.33. The van der Waals surface area contributed by atoms with E-state index in [1.807, 2.05) is 0 Å². The van der Waals surface area contributed by atoms with Gasteiger partial charge in [0.2, 0.25) is 20.7 Å². The summed E-state index contributed by atoms with van der Waals surface area (Å²) < 4.78 is 28.4. The Hall–Kier alpha value is -3.78. The van der Waals surface area contributed by atoms with Gasteiger partial charge in [-0.3, -0.25) is 35.9 Å². The van der Waals surface area contributed by atoms with Crippen molar-refractivity contribution in [2.45, 2.75) is 27.0 Å². The Morgan fingerprint density at radius 3 is 2.50 bits per heavy atom. The fourth-order valence-electron chi connectivity index (χ4n) is 3.80. The molecule has 0 bridgehead atoms. The molecule has 1 aliphatic heterocycles. The molecule has 0 spiro atoms. The molecule has 0 atom stereocenters. The van der Waals surface area contributed by atoms with Gasteiger partial charge in [-0.15, -0.1) is 0 Å². The van der Waals surface area contributed by atoms with Crippen LogP contribution in [0.3, 0.4) is 0 Å². The number of anilines is 1. The van der Waals surface area contributed by atoms with Crippen LogP contribution in [0.2, 0.25) is 0 Å². The number of nitro benzene ring substituents is 2. The van der Waals surface area contributed by atoms with E-state index in [0.717, 1.165) is 38.5 Å². The zero-order chi connectivity index (χ0) is 29.0. The minimum atomic E-state index is -4.21. The van der Waals surface area contributed by atoms with Crippen molar-refractivity contribution in [3.63, 3.8) is 0 Å². The number of nitrogens with two attached hydrogens (primary N) is 1. The number of benzene rings is 2. The van der Waals surface area contributed by atoms with Crippen LogP contribution in [-0.2, 0) is 14.8 Å². The highest BCUT2D eigenvalue weighted by molar-refractivity contribution is 8.02. The first kappa shape index (κ1) is 29.2. The minimum Gasteiger partial charge on any atom is -0.369 e. The van der Waals surface area contributed by atoms with Crippen molar-refractivity contribution in [1.29, 1.82) is 5.41 Å². The van der Waals surface area contributed by atoms with Crippen molar-refractivity contribution >= 4 is 71.6 Å². The van der Waals surface area contributed by atoms with Gasteiger partial charge < -0.3 is 5.73 Å². The molecule has 0 radical (unpaired) electrons. The summed E-state index contributed by atoms with van der Waals surface area (Å²) in [6, 6.07) is 7.60. The number of hydrazone groups is 1. The van der Waals surface area contributed by atoms with Crippen molar-refractivity contribution in [1.82, 2.24) is 9.29 Å². The molecular formula is C21H20N8O7S4. The molecule has 1 aliphatic rings. The number of piperidine rings is 1. The normalized spacial score (nSPS) is 14.8. The molecule has 0 unspecified atom stereocenters. The van der Waals surface area contributed by atoms with E-state index in [1.165, 1.54) is 34.8 Å². The summed E-state index contributed by atoms with van der Waals surface area (Å²) in [6.07, 6.45) is 1.70. The SMILES string of the molecule is N=c1nc(Sc2ccc(/C=N\Nc3ccc([N+](=O)[O-])cc3S(=O)(=O)N3CCC(C(N)=O)CC3)cc2[N+](=O)[O-])ss1. The average molecular weight is 625 g/mol. The number of aromatic nitrogens is 1. The van der Waals surface area contributed by atoms with Crippen LogP contribution >= 0.6 is 32.4 Å². The maximum Gasteiger partial charge on any atom is 0.283 e. The number of carbonyl (C=O) groups excluding carboxylic acids is 1. The Morgan fingerprint density at radius 1 is 1.18 bits per heavy atom. The second-order valence-electron chi connectivity index (χ2n) is 8.32. The zero-order valence-corrected chi connectivity index (χ0v) is 23.5. The molecule has 1 aromatic heterocycles. The number of primary amides is 1. The molecule has 0 saturated carbocycles. The number of sulfonamides is 1. The molecular weight excluding hydrogens is 605 g/mol. The van der Waals surface area contributed by atoms with E-state index in [0.29, 0.717) is 14.8 Å². The van der Waals surface area contributed by atoms with Crippen LogP contribution in [-0.4, -0.2) is 52.8 Å². The van der Waals surface area contributed by atoms with E-state index in [2.05, 4.69) is 15.5 Å². The van der Waals surface area contributed by atoms with E-state index < -0.39 is 37.4 Å². The van der Waals surface area contributed by atoms with E-state index in [-0.39, 0.29) is 47.0 Å². The summed E-state index contributed by atoms with van der Waals surface area (Å²) in [6.45, 7) is 0.0280. The molecule has 4 N–H and O–H groups in total. The predicted octanol–water partition coefficient (Wildman–Crippen LogP) is 2.98. The molecule has 1 fully saturated rings. The van der Waals surface area contributed by atoms with E-state index in [1.54, 1.807) is 6.07 Å². The maximum absolute atomic E-state index is 13.4. The standard InChI is InChI=1S/C21H20N8O7S4/c22-19(30)13-5-7-27(8-6-13)40(35,36)18-10-14(28(31)32)2-3-15(18)26-24-11-12-1-4-17(16(9-12)29(33)34)37-21-25-20(23)38-39-21/h1-4,9-11,13,23,26H,5-8H2,(H2,22,30)/b23-20?,24-11-. The fraction of sp³-hybridized carbons (Fsp3) is 0.238. The molecule has 210 valence electrons. The van der Waals surface area contributed by atoms with Crippen LogP contribution in [0.4, 0.5) is 17.1 Å². The lowest BCUT2D eigenvalue weighted by atomic mass is 9.98. The third-order valence-corrected chi connectivity index (χ3v) is 11.2. The van der Waals surface area contributed by atoms with Gasteiger partial charge in [-0.2, -0.15) is 9.41 Å². The largest absolute Gasteiger partial charge is 0.369 e. The van der Waals surface area contributed by atoms with E-state index in [9.17, 15) is 33.4 Å². The first-order valence-corrected chi connectivity index (χ1v) is 15.7. The van der Waals surface area contributed by atoms with E-state index in [4.69, 9.17) is 11.1 Å². The number of carbonyl (C=O) groups is 1. The third-order valence-electron chi connectivity index (χ3n) is 5.81. The number of rotatable bonds is 10. The lowest BCUT2D eigenvalue weighted by Crippen LogP contribution is -2.41.